The maximum Gasteiger partial charge on any atom is 0.338 e. The molecular weight excluding hydrogens is 276 g/mol. The summed E-state index contributed by atoms with van der Waals surface area (Å²) in [7, 11) is 1.87. The van der Waals surface area contributed by atoms with Crippen LogP contribution in [0.5, 0.6) is 0 Å². The number of nitrogens with one attached hydrogen (secondary N) is 1. The van der Waals surface area contributed by atoms with Gasteiger partial charge in [0.1, 0.15) is 5.82 Å². The summed E-state index contributed by atoms with van der Waals surface area (Å²) in [4.78, 5) is 25.4. The van der Waals surface area contributed by atoms with Gasteiger partial charge in [-0.05, 0) is 6.07 Å². The third kappa shape index (κ3) is 3.35. The van der Waals surface area contributed by atoms with Gasteiger partial charge < -0.3 is 15.0 Å². The van der Waals surface area contributed by atoms with E-state index in [1.807, 2.05) is 17.8 Å². The van der Waals surface area contributed by atoms with Crippen molar-refractivity contribution in [1.82, 2.24) is 9.55 Å². The Labute approximate surface area is 120 Å². The summed E-state index contributed by atoms with van der Waals surface area (Å²) in [5.74, 6) is -0.348. The highest BCUT2D eigenvalue weighted by atomic mass is 16.6. The molecule has 110 valence electrons. The Hall–Kier alpha value is -2.90. The van der Waals surface area contributed by atoms with Crippen LogP contribution >= 0.6 is 0 Å². The number of nitro groups is 1. The zero-order valence-corrected chi connectivity index (χ0v) is 11.3. The summed E-state index contributed by atoms with van der Waals surface area (Å²) in [5, 5.41) is 22.8. The summed E-state index contributed by atoms with van der Waals surface area (Å²) in [5.41, 5.74) is -0.0200. The van der Waals surface area contributed by atoms with Gasteiger partial charge in [-0.15, -0.1) is 0 Å². The molecular formula is C13H14N4O4. The van der Waals surface area contributed by atoms with Crippen molar-refractivity contribution in [2.45, 2.75) is 6.42 Å². The average molecular weight is 290 g/mol. The Kier molecular flexibility index (Phi) is 4.17. The van der Waals surface area contributed by atoms with E-state index in [1.165, 1.54) is 12.1 Å². The molecule has 2 N–H and O–H groups in total. The number of nitro benzene ring substituents is 1. The third-order valence-electron chi connectivity index (χ3n) is 3.03. The molecule has 8 heteroatoms. The summed E-state index contributed by atoms with van der Waals surface area (Å²) < 4.78 is 1.87. The van der Waals surface area contributed by atoms with E-state index >= 15 is 0 Å². The van der Waals surface area contributed by atoms with Crippen LogP contribution < -0.4 is 5.32 Å². The standard InChI is InChI=1S/C13H14N4O4/c1-16-7-6-15-12(16)4-5-14-11-3-2-9(17(20)21)8-10(11)13(18)19/h2-3,6-8,14H,4-5H2,1H3,(H,18,19). The van der Waals surface area contributed by atoms with Crippen LogP contribution in [0.15, 0.2) is 30.6 Å². The third-order valence-corrected chi connectivity index (χ3v) is 3.03. The first-order chi connectivity index (χ1) is 9.99. The lowest BCUT2D eigenvalue weighted by atomic mass is 10.1. The Bertz CT molecular complexity index is 681. The minimum atomic E-state index is -1.21. The minimum Gasteiger partial charge on any atom is -0.478 e. The fourth-order valence-corrected chi connectivity index (χ4v) is 1.92. The molecule has 0 saturated heterocycles. The Morgan fingerprint density at radius 1 is 1.52 bits per heavy atom. The first kappa shape index (κ1) is 14.5. The van der Waals surface area contributed by atoms with Gasteiger partial charge in [-0.1, -0.05) is 0 Å². The number of carboxylic acids is 1. The summed E-state index contributed by atoms with van der Waals surface area (Å²) in [6.07, 6.45) is 4.12. The zero-order chi connectivity index (χ0) is 15.4. The second kappa shape index (κ2) is 6.04. The van der Waals surface area contributed by atoms with Gasteiger partial charge in [-0.25, -0.2) is 9.78 Å². The minimum absolute atomic E-state index is 0.121. The lowest BCUT2D eigenvalue weighted by Crippen LogP contribution is -2.12. The van der Waals surface area contributed by atoms with Crippen molar-refractivity contribution in [3.05, 3.63) is 52.1 Å². The maximum absolute atomic E-state index is 11.2. The van der Waals surface area contributed by atoms with Crippen molar-refractivity contribution in [2.24, 2.45) is 7.05 Å². The number of hydrogen-bond donors (Lipinski definition) is 2. The largest absolute Gasteiger partial charge is 0.478 e. The number of aromatic nitrogens is 2. The van der Waals surface area contributed by atoms with Gasteiger partial charge in [-0.2, -0.15) is 0 Å². The highest BCUT2D eigenvalue weighted by Crippen LogP contribution is 2.22. The molecule has 0 aliphatic rings. The number of carboxylic acid groups (broad SMARTS) is 1. The van der Waals surface area contributed by atoms with Crippen LogP contribution in [0.4, 0.5) is 11.4 Å². The number of anilines is 1. The SMILES string of the molecule is Cn1ccnc1CCNc1ccc([N+](=O)[O-])cc1C(=O)O. The Morgan fingerprint density at radius 3 is 2.86 bits per heavy atom. The van der Waals surface area contributed by atoms with Gasteiger partial charge in [0.2, 0.25) is 0 Å². The van der Waals surface area contributed by atoms with Crippen LogP contribution in [0.2, 0.25) is 0 Å². The van der Waals surface area contributed by atoms with Crippen LogP contribution in [0.25, 0.3) is 0 Å². The molecule has 0 spiro atoms. The molecule has 1 heterocycles. The maximum atomic E-state index is 11.2. The highest BCUT2D eigenvalue weighted by Gasteiger charge is 2.15. The van der Waals surface area contributed by atoms with Crippen molar-refractivity contribution in [3.8, 4) is 0 Å². The number of non-ortho nitro benzene ring substituents is 1. The van der Waals surface area contributed by atoms with E-state index in [0.29, 0.717) is 18.7 Å². The second-order valence-corrected chi connectivity index (χ2v) is 4.42. The van der Waals surface area contributed by atoms with E-state index < -0.39 is 10.9 Å². The van der Waals surface area contributed by atoms with E-state index in [2.05, 4.69) is 10.3 Å². The molecule has 21 heavy (non-hydrogen) atoms. The van der Waals surface area contributed by atoms with Gasteiger partial charge in [0.25, 0.3) is 5.69 Å². The molecule has 1 aromatic carbocycles. The molecule has 2 rings (SSSR count). The van der Waals surface area contributed by atoms with Crippen molar-refractivity contribution in [2.75, 3.05) is 11.9 Å². The lowest BCUT2D eigenvalue weighted by Gasteiger charge is -2.09. The second-order valence-electron chi connectivity index (χ2n) is 4.42. The topological polar surface area (TPSA) is 110 Å². The molecule has 1 aromatic heterocycles. The first-order valence-electron chi connectivity index (χ1n) is 6.21. The number of benzene rings is 1. The molecule has 2 aromatic rings. The van der Waals surface area contributed by atoms with Crippen LogP contribution in [-0.2, 0) is 13.5 Å². The van der Waals surface area contributed by atoms with Crippen LogP contribution in [-0.4, -0.2) is 32.1 Å². The zero-order valence-electron chi connectivity index (χ0n) is 11.3. The van der Waals surface area contributed by atoms with E-state index in [0.717, 1.165) is 11.9 Å². The quantitative estimate of drug-likeness (QED) is 0.618. The molecule has 8 nitrogen and oxygen atoms in total. The number of imidazole rings is 1. The lowest BCUT2D eigenvalue weighted by molar-refractivity contribution is -0.384. The average Bonchev–Trinajstić information content (AvgIpc) is 2.84. The first-order valence-corrected chi connectivity index (χ1v) is 6.21. The molecule has 0 saturated carbocycles. The fourth-order valence-electron chi connectivity index (χ4n) is 1.92. The predicted molar refractivity (Wildman–Crippen MR) is 75.5 cm³/mol. The van der Waals surface area contributed by atoms with E-state index in [9.17, 15) is 14.9 Å². The van der Waals surface area contributed by atoms with Crippen molar-refractivity contribution >= 4 is 17.3 Å². The smallest absolute Gasteiger partial charge is 0.338 e. The molecule has 0 radical (unpaired) electrons. The van der Waals surface area contributed by atoms with Gasteiger partial charge in [-0.3, -0.25) is 10.1 Å². The number of carbonyl (C=O) groups is 1. The molecule has 0 amide bonds. The Balaban J connectivity index is 2.10. The molecule has 0 bridgehead atoms. The van der Waals surface area contributed by atoms with Gasteiger partial charge in [0.15, 0.2) is 0 Å². The van der Waals surface area contributed by atoms with Gasteiger partial charge >= 0.3 is 5.97 Å². The molecule has 0 atom stereocenters. The van der Waals surface area contributed by atoms with Crippen LogP contribution in [0.1, 0.15) is 16.2 Å². The Morgan fingerprint density at radius 2 is 2.29 bits per heavy atom. The molecule has 0 aliphatic carbocycles. The number of rotatable bonds is 6. The van der Waals surface area contributed by atoms with Crippen LogP contribution in [0, 0.1) is 10.1 Å². The van der Waals surface area contributed by atoms with Crippen LogP contribution in [0.3, 0.4) is 0 Å². The van der Waals surface area contributed by atoms with Crippen molar-refractivity contribution < 1.29 is 14.8 Å². The molecule has 0 unspecified atom stereocenters. The van der Waals surface area contributed by atoms with E-state index in [1.54, 1.807) is 6.20 Å². The number of aryl methyl sites for hydroxylation is 1. The van der Waals surface area contributed by atoms with Gasteiger partial charge in [0.05, 0.1) is 10.5 Å². The predicted octanol–water partition coefficient (Wildman–Crippen LogP) is 1.68. The molecule has 0 aliphatic heterocycles. The van der Waals surface area contributed by atoms with Crippen molar-refractivity contribution in [1.29, 1.82) is 0 Å². The fraction of sp³-hybridized carbons (Fsp3) is 0.231. The van der Waals surface area contributed by atoms with E-state index in [4.69, 9.17) is 5.11 Å². The monoisotopic (exact) mass is 290 g/mol. The summed E-state index contributed by atoms with van der Waals surface area (Å²) in [6, 6.07) is 3.72. The van der Waals surface area contributed by atoms with E-state index in [-0.39, 0.29) is 11.3 Å². The normalized spacial score (nSPS) is 10.3. The van der Waals surface area contributed by atoms with Crippen molar-refractivity contribution in [3.63, 3.8) is 0 Å². The van der Waals surface area contributed by atoms with Gasteiger partial charge in [0, 0.05) is 50.2 Å². The summed E-state index contributed by atoms with van der Waals surface area (Å²) in [6.45, 7) is 0.475. The number of aromatic carboxylic acids is 1. The summed E-state index contributed by atoms with van der Waals surface area (Å²) >= 11 is 0. The number of nitrogens with zero attached hydrogens (tertiary/aromatic N) is 3. The number of hydrogen-bond acceptors (Lipinski definition) is 5. The highest BCUT2D eigenvalue weighted by molar-refractivity contribution is 5.95. The molecule has 0 fully saturated rings.